The maximum atomic E-state index is 5.87. The lowest BCUT2D eigenvalue weighted by Crippen LogP contribution is -2.16. The highest BCUT2D eigenvalue weighted by Crippen LogP contribution is 2.44. The van der Waals surface area contributed by atoms with Gasteiger partial charge in [0.15, 0.2) is 11.5 Å². The first-order valence-electron chi connectivity index (χ1n) is 7.13. The smallest absolute Gasteiger partial charge is 0.203 e. The van der Waals surface area contributed by atoms with Crippen LogP contribution in [0.2, 0.25) is 0 Å². The molecule has 4 nitrogen and oxygen atoms in total. The molecule has 0 fully saturated rings. The van der Waals surface area contributed by atoms with Crippen molar-refractivity contribution in [3.63, 3.8) is 0 Å². The lowest BCUT2D eigenvalue weighted by molar-refractivity contribution is 0.319. The van der Waals surface area contributed by atoms with E-state index in [4.69, 9.17) is 19.9 Å². The molecule has 4 heteroatoms. The normalized spacial score (nSPS) is 13.7. The number of hydrogen-bond donors (Lipinski definition) is 1. The molecule has 1 aromatic carbocycles. The molecule has 0 amide bonds. The molecule has 0 spiro atoms. The maximum Gasteiger partial charge on any atom is 0.203 e. The number of nitrogens with two attached hydrogens (primary N) is 1. The van der Waals surface area contributed by atoms with Gasteiger partial charge in [-0.25, -0.2) is 0 Å². The average molecular weight is 281 g/mol. The fraction of sp³-hybridized carbons (Fsp3) is 0.625. The molecule has 2 unspecified atom stereocenters. The maximum absolute atomic E-state index is 5.87. The van der Waals surface area contributed by atoms with Gasteiger partial charge in [0.25, 0.3) is 0 Å². The van der Waals surface area contributed by atoms with Crippen molar-refractivity contribution in [1.29, 1.82) is 0 Å². The van der Waals surface area contributed by atoms with Crippen LogP contribution in [0.15, 0.2) is 12.1 Å². The molecule has 1 rings (SSSR count). The molecule has 2 atom stereocenters. The lowest BCUT2D eigenvalue weighted by atomic mass is 9.89. The molecule has 0 saturated heterocycles. The van der Waals surface area contributed by atoms with Crippen molar-refractivity contribution in [3.8, 4) is 17.2 Å². The highest BCUT2D eigenvalue weighted by atomic mass is 16.5. The highest BCUT2D eigenvalue weighted by Gasteiger charge is 2.21. The van der Waals surface area contributed by atoms with Crippen LogP contribution in [0, 0.1) is 0 Å². The summed E-state index contributed by atoms with van der Waals surface area (Å²) >= 11 is 0. The largest absolute Gasteiger partial charge is 0.493 e. The van der Waals surface area contributed by atoms with Crippen molar-refractivity contribution in [2.24, 2.45) is 5.73 Å². The second kappa shape index (κ2) is 8.00. The molecule has 20 heavy (non-hydrogen) atoms. The molecule has 0 aliphatic heterocycles. The Kier molecular flexibility index (Phi) is 6.65. The minimum atomic E-state index is 0.218. The second-order valence-corrected chi connectivity index (χ2v) is 5.08. The number of methoxy groups -OCH3 is 3. The molecular weight excluding hydrogens is 254 g/mol. The van der Waals surface area contributed by atoms with Gasteiger partial charge < -0.3 is 19.9 Å². The minimum Gasteiger partial charge on any atom is -0.493 e. The summed E-state index contributed by atoms with van der Waals surface area (Å²) < 4.78 is 16.3. The molecule has 0 aliphatic carbocycles. The molecule has 0 heterocycles. The number of benzene rings is 1. The van der Waals surface area contributed by atoms with Gasteiger partial charge in [-0.15, -0.1) is 0 Å². The predicted molar refractivity (Wildman–Crippen MR) is 82.0 cm³/mol. The van der Waals surface area contributed by atoms with Crippen LogP contribution in [0.25, 0.3) is 0 Å². The predicted octanol–water partition coefficient (Wildman–Crippen LogP) is 3.33. The van der Waals surface area contributed by atoms with Crippen LogP contribution in [0.4, 0.5) is 0 Å². The quantitative estimate of drug-likeness (QED) is 0.794. The van der Waals surface area contributed by atoms with Crippen LogP contribution >= 0.6 is 0 Å². The Morgan fingerprint density at radius 1 is 1.00 bits per heavy atom. The van der Waals surface area contributed by atoms with E-state index in [0.29, 0.717) is 17.4 Å². The van der Waals surface area contributed by atoms with E-state index in [1.807, 2.05) is 13.0 Å². The van der Waals surface area contributed by atoms with Crippen molar-refractivity contribution >= 4 is 0 Å². The Balaban J connectivity index is 3.14. The fourth-order valence-corrected chi connectivity index (χ4v) is 2.49. The molecule has 0 saturated carbocycles. The fourth-order valence-electron chi connectivity index (χ4n) is 2.49. The van der Waals surface area contributed by atoms with Crippen LogP contribution in [0.1, 0.15) is 44.6 Å². The van der Waals surface area contributed by atoms with Gasteiger partial charge >= 0.3 is 0 Å². The van der Waals surface area contributed by atoms with Gasteiger partial charge in [0.05, 0.1) is 21.3 Å². The van der Waals surface area contributed by atoms with Crippen molar-refractivity contribution in [1.82, 2.24) is 0 Å². The van der Waals surface area contributed by atoms with Crippen LogP contribution < -0.4 is 19.9 Å². The monoisotopic (exact) mass is 281 g/mol. The first kappa shape index (κ1) is 16.6. The van der Waals surface area contributed by atoms with Gasteiger partial charge in [0.2, 0.25) is 5.75 Å². The number of hydrogen-bond acceptors (Lipinski definition) is 4. The Hall–Kier alpha value is -1.42. The van der Waals surface area contributed by atoms with E-state index < -0.39 is 0 Å². The topological polar surface area (TPSA) is 53.7 Å². The lowest BCUT2D eigenvalue weighted by Gasteiger charge is -2.22. The molecular formula is C16H27NO3. The van der Waals surface area contributed by atoms with Crippen molar-refractivity contribution in [2.45, 2.75) is 45.1 Å². The molecule has 0 bridgehead atoms. The molecule has 0 aromatic heterocycles. The van der Waals surface area contributed by atoms with Gasteiger partial charge in [-0.1, -0.05) is 13.0 Å². The summed E-state index contributed by atoms with van der Waals surface area (Å²) in [5.41, 5.74) is 7.03. The van der Waals surface area contributed by atoms with Crippen molar-refractivity contribution in [2.75, 3.05) is 21.3 Å². The van der Waals surface area contributed by atoms with E-state index in [2.05, 4.69) is 13.0 Å². The van der Waals surface area contributed by atoms with Crippen LogP contribution in [0.5, 0.6) is 17.2 Å². The number of rotatable bonds is 8. The summed E-state index contributed by atoms with van der Waals surface area (Å²) in [7, 11) is 4.93. The average Bonchev–Trinajstić information content (AvgIpc) is 2.46. The Labute approximate surface area is 122 Å². The summed E-state index contributed by atoms with van der Waals surface area (Å²) in [6, 6.07) is 4.22. The van der Waals surface area contributed by atoms with Gasteiger partial charge in [0, 0.05) is 11.6 Å². The Bertz CT molecular complexity index is 418. The van der Waals surface area contributed by atoms with Gasteiger partial charge in [-0.05, 0) is 38.2 Å². The van der Waals surface area contributed by atoms with Gasteiger partial charge in [-0.2, -0.15) is 0 Å². The van der Waals surface area contributed by atoms with E-state index in [0.717, 1.165) is 30.6 Å². The Morgan fingerprint density at radius 2 is 1.65 bits per heavy atom. The van der Waals surface area contributed by atoms with Crippen LogP contribution in [-0.2, 0) is 0 Å². The van der Waals surface area contributed by atoms with E-state index in [1.165, 1.54) is 0 Å². The van der Waals surface area contributed by atoms with E-state index in [9.17, 15) is 0 Å². The van der Waals surface area contributed by atoms with Crippen LogP contribution in [0.3, 0.4) is 0 Å². The third kappa shape index (κ3) is 3.79. The summed E-state index contributed by atoms with van der Waals surface area (Å²) in [4.78, 5) is 0. The Morgan fingerprint density at radius 3 is 2.10 bits per heavy atom. The minimum absolute atomic E-state index is 0.218. The van der Waals surface area contributed by atoms with E-state index in [-0.39, 0.29) is 6.04 Å². The zero-order chi connectivity index (χ0) is 15.1. The van der Waals surface area contributed by atoms with Crippen molar-refractivity contribution < 1.29 is 14.2 Å². The molecule has 1 aromatic rings. The van der Waals surface area contributed by atoms with Gasteiger partial charge in [0.1, 0.15) is 0 Å². The standard InChI is InChI=1S/C16H27NO3/c1-6-12(8-7-11(2)17)13-9-10-14(18-3)16(20-5)15(13)19-4/h9-12H,6-8,17H2,1-5H3. The zero-order valence-electron chi connectivity index (χ0n) is 13.2. The summed E-state index contributed by atoms with van der Waals surface area (Å²) in [5.74, 6) is 2.53. The molecule has 2 N–H and O–H groups in total. The first-order chi connectivity index (χ1) is 9.58. The summed E-state index contributed by atoms with van der Waals surface area (Å²) in [6.45, 7) is 4.22. The second-order valence-electron chi connectivity index (χ2n) is 5.08. The van der Waals surface area contributed by atoms with Crippen molar-refractivity contribution in [3.05, 3.63) is 17.7 Å². The van der Waals surface area contributed by atoms with E-state index >= 15 is 0 Å². The number of ether oxygens (including phenoxy) is 3. The summed E-state index contributed by atoms with van der Waals surface area (Å²) in [6.07, 6.45) is 3.08. The van der Waals surface area contributed by atoms with E-state index in [1.54, 1.807) is 21.3 Å². The highest BCUT2D eigenvalue weighted by molar-refractivity contribution is 5.56. The third-order valence-corrected chi connectivity index (χ3v) is 3.64. The first-order valence-corrected chi connectivity index (χ1v) is 7.13. The van der Waals surface area contributed by atoms with Crippen LogP contribution in [-0.4, -0.2) is 27.4 Å². The molecule has 0 aliphatic rings. The third-order valence-electron chi connectivity index (χ3n) is 3.64. The SMILES string of the molecule is CCC(CCC(C)N)c1ccc(OC)c(OC)c1OC. The van der Waals surface area contributed by atoms with Gasteiger partial charge in [-0.3, -0.25) is 0 Å². The molecule has 114 valence electrons. The summed E-state index contributed by atoms with van der Waals surface area (Å²) in [5, 5.41) is 0. The molecule has 0 radical (unpaired) electrons. The zero-order valence-corrected chi connectivity index (χ0v) is 13.2.